The molecule has 2 aromatic carbocycles. The molecule has 3 aromatic rings. The number of benzene rings is 2. The maximum Gasteiger partial charge on any atom is 0.323 e. The monoisotopic (exact) mass is 359 g/mol. The Balaban J connectivity index is 1.79. The highest BCUT2D eigenvalue weighted by atomic mass is 79.9. The first-order valence-electron chi connectivity index (χ1n) is 6.73. The number of fused-ring (bicyclic) bond motifs is 1. The van der Waals surface area contributed by atoms with Gasteiger partial charge in [0.1, 0.15) is 5.52 Å². The minimum absolute atomic E-state index is 0.336. The molecule has 22 heavy (non-hydrogen) atoms. The van der Waals surface area contributed by atoms with Gasteiger partial charge in [0.25, 0.3) is 0 Å². The first-order valence-corrected chi connectivity index (χ1v) is 7.52. The Labute approximate surface area is 135 Å². The van der Waals surface area contributed by atoms with E-state index in [1.807, 2.05) is 37.3 Å². The van der Waals surface area contributed by atoms with Crippen molar-refractivity contribution in [3.8, 4) is 0 Å². The molecule has 0 unspecified atom stereocenters. The number of para-hydroxylation sites is 1. The number of aromatic nitrogens is 1. The average Bonchev–Trinajstić information content (AvgIpc) is 2.84. The molecule has 0 aliphatic carbocycles. The lowest BCUT2D eigenvalue weighted by molar-refractivity contribution is 0.262. The van der Waals surface area contributed by atoms with Gasteiger partial charge < -0.3 is 15.1 Å². The zero-order chi connectivity index (χ0) is 15.7. The Kier molecular flexibility index (Phi) is 3.85. The number of nitrogens with zero attached hydrogens (tertiary/aromatic N) is 1. The van der Waals surface area contributed by atoms with E-state index >= 15 is 0 Å². The molecule has 2 amide bonds. The van der Waals surface area contributed by atoms with Crippen molar-refractivity contribution in [3.63, 3.8) is 0 Å². The third kappa shape index (κ3) is 2.96. The molecule has 0 fully saturated rings. The molecule has 1 heterocycles. The van der Waals surface area contributed by atoms with E-state index in [0.29, 0.717) is 28.4 Å². The first kappa shape index (κ1) is 14.6. The van der Waals surface area contributed by atoms with Crippen LogP contribution in [-0.4, -0.2) is 11.0 Å². The summed E-state index contributed by atoms with van der Waals surface area (Å²) in [6.45, 7) is 3.76. The highest BCUT2D eigenvalue weighted by Crippen LogP contribution is 2.25. The molecule has 0 atom stereocenters. The predicted octanol–water partition coefficient (Wildman–Crippen LogP) is 4.85. The predicted molar refractivity (Wildman–Crippen MR) is 90.3 cm³/mol. The Bertz CT molecular complexity index is 858. The molecule has 0 aliphatic heterocycles. The maximum absolute atomic E-state index is 12.1. The van der Waals surface area contributed by atoms with E-state index in [9.17, 15) is 4.79 Å². The van der Waals surface area contributed by atoms with Gasteiger partial charge in [-0.05, 0) is 36.8 Å². The molecular formula is C16H14BrN3O2. The molecule has 2 N–H and O–H groups in total. The van der Waals surface area contributed by atoms with E-state index in [2.05, 4.69) is 31.5 Å². The molecule has 1 aromatic heterocycles. The Morgan fingerprint density at radius 2 is 2.00 bits per heavy atom. The van der Waals surface area contributed by atoms with Crippen LogP contribution in [-0.2, 0) is 0 Å². The molecule has 112 valence electrons. The van der Waals surface area contributed by atoms with Crippen LogP contribution in [0.25, 0.3) is 11.1 Å². The number of anilines is 2. The SMILES string of the molecule is Cc1nc2cccc(NC(=O)Nc3ccc(C)c(Br)c3)c2o1. The molecule has 5 nitrogen and oxygen atoms in total. The van der Waals surface area contributed by atoms with E-state index in [1.54, 1.807) is 13.0 Å². The minimum Gasteiger partial charge on any atom is -0.439 e. The number of nitrogens with one attached hydrogen (secondary N) is 2. The summed E-state index contributed by atoms with van der Waals surface area (Å²) < 4.78 is 6.47. The quantitative estimate of drug-likeness (QED) is 0.686. The van der Waals surface area contributed by atoms with E-state index < -0.39 is 0 Å². The fraction of sp³-hybridized carbons (Fsp3) is 0.125. The van der Waals surface area contributed by atoms with Gasteiger partial charge in [0.05, 0.1) is 5.69 Å². The fourth-order valence-electron chi connectivity index (χ4n) is 2.11. The van der Waals surface area contributed by atoms with Gasteiger partial charge in [-0.2, -0.15) is 0 Å². The van der Waals surface area contributed by atoms with E-state index in [1.165, 1.54) is 0 Å². The van der Waals surface area contributed by atoms with Crippen LogP contribution >= 0.6 is 15.9 Å². The summed E-state index contributed by atoms with van der Waals surface area (Å²) in [6.07, 6.45) is 0. The first-order chi connectivity index (χ1) is 10.5. The molecule has 0 saturated heterocycles. The number of oxazole rings is 1. The average molecular weight is 360 g/mol. The largest absolute Gasteiger partial charge is 0.439 e. The summed E-state index contributed by atoms with van der Waals surface area (Å²) in [5, 5.41) is 5.57. The summed E-state index contributed by atoms with van der Waals surface area (Å²) in [6, 6.07) is 10.7. The van der Waals surface area contributed by atoms with Gasteiger partial charge >= 0.3 is 6.03 Å². The van der Waals surface area contributed by atoms with Crippen LogP contribution in [0.1, 0.15) is 11.5 Å². The van der Waals surface area contributed by atoms with Gasteiger partial charge in [0.2, 0.25) is 0 Å². The second-order valence-corrected chi connectivity index (χ2v) is 5.78. The number of hydrogen-bond donors (Lipinski definition) is 2. The van der Waals surface area contributed by atoms with Gasteiger partial charge in [0, 0.05) is 17.1 Å². The maximum atomic E-state index is 12.1. The van der Waals surface area contributed by atoms with Gasteiger partial charge in [-0.15, -0.1) is 0 Å². The van der Waals surface area contributed by atoms with Crippen molar-refractivity contribution in [2.45, 2.75) is 13.8 Å². The second kappa shape index (κ2) is 5.81. The number of urea groups is 1. The van der Waals surface area contributed by atoms with Crippen LogP contribution < -0.4 is 10.6 Å². The summed E-state index contributed by atoms with van der Waals surface area (Å²) in [5.41, 5.74) is 3.68. The topological polar surface area (TPSA) is 67.2 Å². The number of hydrogen-bond acceptors (Lipinski definition) is 3. The number of aryl methyl sites for hydroxylation is 2. The fourth-order valence-corrected chi connectivity index (χ4v) is 2.49. The Hall–Kier alpha value is -2.34. The lowest BCUT2D eigenvalue weighted by atomic mass is 10.2. The molecular weight excluding hydrogens is 346 g/mol. The van der Waals surface area contributed by atoms with Crippen molar-refractivity contribution in [2.24, 2.45) is 0 Å². The van der Waals surface area contributed by atoms with Crippen LogP contribution in [0.4, 0.5) is 16.2 Å². The van der Waals surface area contributed by atoms with Gasteiger partial charge in [-0.3, -0.25) is 0 Å². The Morgan fingerprint density at radius 1 is 1.18 bits per heavy atom. The van der Waals surface area contributed by atoms with Crippen molar-refractivity contribution >= 4 is 44.4 Å². The zero-order valence-electron chi connectivity index (χ0n) is 12.1. The third-order valence-electron chi connectivity index (χ3n) is 3.20. The summed E-state index contributed by atoms with van der Waals surface area (Å²) in [4.78, 5) is 16.4. The van der Waals surface area contributed by atoms with Crippen LogP contribution in [0.5, 0.6) is 0 Å². The van der Waals surface area contributed by atoms with Gasteiger partial charge in [-0.1, -0.05) is 28.1 Å². The lowest BCUT2D eigenvalue weighted by Gasteiger charge is -2.09. The molecule has 0 saturated carbocycles. The van der Waals surface area contributed by atoms with Crippen molar-refractivity contribution in [1.29, 1.82) is 0 Å². The van der Waals surface area contributed by atoms with Crippen molar-refractivity contribution in [1.82, 2.24) is 4.98 Å². The molecule has 0 aliphatic rings. The number of amides is 2. The highest BCUT2D eigenvalue weighted by molar-refractivity contribution is 9.10. The summed E-state index contributed by atoms with van der Waals surface area (Å²) in [7, 11) is 0. The van der Waals surface area contributed by atoms with Crippen LogP contribution in [0.3, 0.4) is 0 Å². The third-order valence-corrected chi connectivity index (χ3v) is 4.05. The van der Waals surface area contributed by atoms with E-state index in [4.69, 9.17) is 4.42 Å². The lowest BCUT2D eigenvalue weighted by Crippen LogP contribution is -2.19. The summed E-state index contributed by atoms with van der Waals surface area (Å²) >= 11 is 3.44. The smallest absolute Gasteiger partial charge is 0.323 e. The van der Waals surface area contributed by atoms with Crippen molar-refractivity contribution in [2.75, 3.05) is 10.6 Å². The van der Waals surface area contributed by atoms with E-state index in [0.717, 1.165) is 10.0 Å². The van der Waals surface area contributed by atoms with Crippen LogP contribution in [0, 0.1) is 13.8 Å². The summed E-state index contributed by atoms with van der Waals surface area (Å²) in [5.74, 6) is 0.562. The van der Waals surface area contributed by atoms with Crippen LogP contribution in [0.2, 0.25) is 0 Å². The second-order valence-electron chi connectivity index (χ2n) is 4.93. The van der Waals surface area contributed by atoms with Crippen LogP contribution in [0.15, 0.2) is 45.3 Å². The highest BCUT2D eigenvalue weighted by Gasteiger charge is 2.10. The number of carbonyl (C=O) groups excluding carboxylic acids is 1. The molecule has 3 rings (SSSR count). The molecule has 0 radical (unpaired) electrons. The minimum atomic E-state index is -0.336. The van der Waals surface area contributed by atoms with Crippen molar-refractivity contribution < 1.29 is 9.21 Å². The number of rotatable bonds is 2. The molecule has 0 spiro atoms. The molecule has 6 heteroatoms. The number of halogens is 1. The van der Waals surface area contributed by atoms with Gasteiger partial charge in [-0.25, -0.2) is 9.78 Å². The molecule has 0 bridgehead atoms. The Morgan fingerprint density at radius 3 is 2.77 bits per heavy atom. The normalized spacial score (nSPS) is 10.7. The number of carbonyl (C=O) groups is 1. The zero-order valence-corrected chi connectivity index (χ0v) is 13.7. The van der Waals surface area contributed by atoms with Gasteiger partial charge in [0.15, 0.2) is 11.5 Å². The standard InChI is InChI=1S/C16H14BrN3O2/c1-9-6-7-11(8-12(9)17)19-16(21)20-14-5-3-4-13-15(14)22-10(2)18-13/h3-8H,1-2H3,(H2,19,20,21). The van der Waals surface area contributed by atoms with E-state index in [-0.39, 0.29) is 6.03 Å². The van der Waals surface area contributed by atoms with Crippen molar-refractivity contribution in [3.05, 3.63) is 52.3 Å².